The molecular formula is C19H22N2O3S. The molecular weight excluding hydrogens is 336 g/mol. The first-order valence-corrected chi connectivity index (χ1v) is 9.25. The summed E-state index contributed by atoms with van der Waals surface area (Å²) in [5.41, 5.74) is 4.38. The monoisotopic (exact) mass is 358 g/mol. The predicted octanol–water partition coefficient (Wildman–Crippen LogP) is 3.54. The number of aliphatic hydroxyl groups is 1. The molecule has 0 saturated carbocycles. The van der Waals surface area contributed by atoms with Gasteiger partial charge in [-0.05, 0) is 56.2 Å². The minimum atomic E-state index is -1.14. The number of nitrogens with zero attached hydrogens (tertiary/aromatic N) is 1. The number of benzene rings is 1. The number of hydrogen-bond donors (Lipinski definition) is 2. The molecule has 0 fully saturated rings. The summed E-state index contributed by atoms with van der Waals surface area (Å²) in [6.45, 7) is 6.17. The molecule has 1 aromatic carbocycles. The van der Waals surface area contributed by atoms with Crippen molar-refractivity contribution >= 4 is 22.0 Å². The Morgan fingerprint density at radius 1 is 1.20 bits per heavy atom. The molecule has 0 aliphatic heterocycles. The van der Waals surface area contributed by atoms with Crippen LogP contribution in [0.4, 0.5) is 0 Å². The van der Waals surface area contributed by atoms with Gasteiger partial charge in [0.1, 0.15) is 5.58 Å². The van der Waals surface area contributed by atoms with Gasteiger partial charge in [0.15, 0.2) is 0 Å². The van der Waals surface area contributed by atoms with Crippen LogP contribution in [0.15, 0.2) is 47.2 Å². The Morgan fingerprint density at radius 2 is 1.96 bits per heavy atom. The van der Waals surface area contributed by atoms with Gasteiger partial charge in [-0.15, -0.1) is 0 Å². The minimum Gasteiger partial charge on any atom is -0.464 e. The fraction of sp³-hybridized carbons (Fsp3) is 0.316. The molecule has 0 amide bonds. The highest BCUT2D eigenvalue weighted by atomic mass is 32.2. The Kier molecular flexibility index (Phi) is 5.03. The molecule has 0 bridgehead atoms. The molecule has 0 spiro atoms. The molecule has 2 N–H and O–H groups in total. The number of pyridine rings is 1. The van der Waals surface area contributed by atoms with E-state index in [0.717, 1.165) is 33.4 Å². The van der Waals surface area contributed by atoms with Gasteiger partial charge in [-0.3, -0.25) is 4.98 Å². The summed E-state index contributed by atoms with van der Waals surface area (Å²) < 4.78 is 20.3. The molecule has 3 aromatic rings. The van der Waals surface area contributed by atoms with Crippen molar-refractivity contribution in [3.05, 3.63) is 54.0 Å². The number of nitrogens with one attached hydrogen (secondary N) is 1. The molecule has 0 aliphatic rings. The number of rotatable bonds is 5. The molecule has 25 heavy (non-hydrogen) atoms. The Hall–Kier alpha value is -2.02. The number of hydrogen-bond acceptors (Lipinski definition) is 4. The van der Waals surface area contributed by atoms with Gasteiger partial charge in [0.2, 0.25) is 0 Å². The summed E-state index contributed by atoms with van der Waals surface area (Å²) in [6, 6.07) is 9.80. The van der Waals surface area contributed by atoms with Crippen molar-refractivity contribution in [3.8, 4) is 11.1 Å². The smallest absolute Gasteiger partial charge is 0.134 e. The van der Waals surface area contributed by atoms with E-state index in [4.69, 9.17) is 4.42 Å². The van der Waals surface area contributed by atoms with E-state index in [9.17, 15) is 9.32 Å². The lowest BCUT2D eigenvalue weighted by Gasteiger charge is -2.18. The third-order valence-electron chi connectivity index (χ3n) is 3.91. The van der Waals surface area contributed by atoms with Crippen LogP contribution < -0.4 is 4.72 Å². The Labute approximate surface area is 149 Å². The van der Waals surface area contributed by atoms with E-state index in [0.29, 0.717) is 6.54 Å². The van der Waals surface area contributed by atoms with Crippen molar-refractivity contribution in [1.82, 2.24) is 9.71 Å². The van der Waals surface area contributed by atoms with Gasteiger partial charge < -0.3 is 9.52 Å². The molecule has 5 nitrogen and oxygen atoms in total. The second-order valence-electron chi connectivity index (χ2n) is 6.87. The number of fused-ring (bicyclic) bond motifs is 1. The largest absolute Gasteiger partial charge is 0.464 e. The van der Waals surface area contributed by atoms with Gasteiger partial charge in [0, 0.05) is 17.1 Å². The number of aromatic nitrogens is 1. The van der Waals surface area contributed by atoms with Gasteiger partial charge in [0.25, 0.3) is 0 Å². The van der Waals surface area contributed by atoms with E-state index in [-0.39, 0.29) is 11.4 Å². The lowest BCUT2D eigenvalue weighted by Crippen LogP contribution is -2.33. The second-order valence-corrected chi connectivity index (χ2v) is 8.92. The molecule has 2 heterocycles. The summed E-state index contributed by atoms with van der Waals surface area (Å²) in [4.78, 5) is 4.35. The van der Waals surface area contributed by atoms with Crippen molar-refractivity contribution in [2.45, 2.75) is 38.7 Å². The standard InChI is InChI=1S/C19H22N2O3S/c1-19(2,3)25(23)21-10-16-8-14(6-7-20-16)13-4-5-18-17(9-13)15(11-22)12-24-18/h4-9,12,21-22H,10-11H2,1-3H3/t25-/m0/s1. The maximum absolute atomic E-state index is 12.1. The Bertz CT molecular complexity index is 912. The van der Waals surface area contributed by atoms with Gasteiger partial charge in [-0.25, -0.2) is 8.93 Å². The van der Waals surface area contributed by atoms with E-state index in [1.54, 1.807) is 12.5 Å². The van der Waals surface area contributed by atoms with Crippen molar-refractivity contribution in [2.75, 3.05) is 0 Å². The quantitative estimate of drug-likeness (QED) is 0.731. The summed E-state index contributed by atoms with van der Waals surface area (Å²) in [6.07, 6.45) is 3.33. The third-order valence-corrected chi connectivity index (χ3v) is 5.43. The van der Waals surface area contributed by atoms with Crippen LogP contribution >= 0.6 is 0 Å². The first-order valence-electron chi connectivity index (χ1n) is 8.10. The molecule has 3 rings (SSSR count). The molecule has 2 aromatic heterocycles. The fourth-order valence-corrected chi connectivity index (χ4v) is 3.21. The molecule has 1 atom stereocenters. The van der Waals surface area contributed by atoms with E-state index in [2.05, 4.69) is 9.71 Å². The summed E-state index contributed by atoms with van der Waals surface area (Å²) in [5.74, 6) is 0. The van der Waals surface area contributed by atoms with Crippen molar-refractivity contribution in [1.29, 1.82) is 0 Å². The van der Waals surface area contributed by atoms with E-state index >= 15 is 0 Å². The minimum absolute atomic E-state index is 0.0550. The van der Waals surface area contributed by atoms with Crippen LogP contribution in [0.25, 0.3) is 22.1 Å². The average molecular weight is 358 g/mol. The number of aliphatic hydroxyl groups excluding tert-OH is 1. The topological polar surface area (TPSA) is 75.4 Å². The van der Waals surface area contributed by atoms with Crippen LogP contribution in [0, 0.1) is 0 Å². The van der Waals surface area contributed by atoms with Crippen molar-refractivity contribution in [2.24, 2.45) is 0 Å². The second kappa shape index (κ2) is 7.07. The van der Waals surface area contributed by atoms with E-state index < -0.39 is 11.0 Å². The van der Waals surface area contributed by atoms with Crippen LogP contribution in [0.3, 0.4) is 0 Å². The Balaban J connectivity index is 1.85. The first kappa shape index (κ1) is 17.8. The lowest BCUT2D eigenvalue weighted by molar-refractivity contribution is 0.282. The maximum atomic E-state index is 12.1. The summed E-state index contributed by atoms with van der Waals surface area (Å²) in [5, 5.41) is 10.3. The molecule has 0 radical (unpaired) electrons. The van der Waals surface area contributed by atoms with Crippen LogP contribution in [0.2, 0.25) is 0 Å². The van der Waals surface area contributed by atoms with Gasteiger partial charge >= 0.3 is 0 Å². The van der Waals surface area contributed by atoms with Gasteiger partial charge in [-0.1, -0.05) is 6.07 Å². The molecule has 132 valence electrons. The maximum Gasteiger partial charge on any atom is 0.134 e. The normalized spacial score (nSPS) is 13.3. The highest BCUT2D eigenvalue weighted by Gasteiger charge is 2.19. The van der Waals surface area contributed by atoms with Crippen LogP contribution in [0.5, 0.6) is 0 Å². The predicted molar refractivity (Wildman–Crippen MR) is 100 cm³/mol. The zero-order valence-corrected chi connectivity index (χ0v) is 15.4. The highest BCUT2D eigenvalue weighted by Crippen LogP contribution is 2.28. The van der Waals surface area contributed by atoms with Crippen LogP contribution in [-0.4, -0.2) is 19.0 Å². The van der Waals surface area contributed by atoms with Crippen molar-refractivity contribution in [3.63, 3.8) is 0 Å². The lowest BCUT2D eigenvalue weighted by atomic mass is 10.0. The average Bonchev–Trinajstić information content (AvgIpc) is 3.01. The molecule has 0 saturated heterocycles. The number of furan rings is 1. The molecule has 0 unspecified atom stereocenters. The fourth-order valence-electron chi connectivity index (χ4n) is 2.49. The third kappa shape index (κ3) is 3.98. The van der Waals surface area contributed by atoms with Gasteiger partial charge in [0.05, 0.1) is 40.8 Å². The summed E-state index contributed by atoms with van der Waals surface area (Å²) in [7, 11) is -1.14. The first-order chi connectivity index (χ1) is 11.9. The highest BCUT2D eigenvalue weighted by molar-refractivity contribution is 7.84. The van der Waals surface area contributed by atoms with Crippen LogP contribution in [0.1, 0.15) is 32.0 Å². The van der Waals surface area contributed by atoms with Crippen LogP contribution in [-0.2, 0) is 24.1 Å². The van der Waals surface area contributed by atoms with E-state index in [1.165, 1.54) is 0 Å². The molecule has 6 heteroatoms. The Morgan fingerprint density at radius 3 is 2.68 bits per heavy atom. The molecule has 0 aliphatic carbocycles. The SMILES string of the molecule is CC(C)(C)[S@](=O)NCc1cc(-c2ccc3occ(CO)c3c2)ccn1. The van der Waals surface area contributed by atoms with Crippen molar-refractivity contribution < 1.29 is 13.7 Å². The zero-order chi connectivity index (χ0) is 18.0. The zero-order valence-electron chi connectivity index (χ0n) is 14.6. The van der Waals surface area contributed by atoms with Gasteiger partial charge in [-0.2, -0.15) is 0 Å². The van der Waals surface area contributed by atoms with E-state index in [1.807, 2.05) is 51.1 Å². The summed E-state index contributed by atoms with van der Waals surface area (Å²) >= 11 is 0.